The lowest BCUT2D eigenvalue weighted by Gasteiger charge is -2.07. The molecule has 0 aliphatic heterocycles. The summed E-state index contributed by atoms with van der Waals surface area (Å²) in [5, 5.41) is 8.99. The van der Waals surface area contributed by atoms with E-state index in [9.17, 15) is 0 Å². The molecule has 0 fully saturated rings. The summed E-state index contributed by atoms with van der Waals surface area (Å²) < 4.78 is 15.2. The number of H-pyrrole nitrogens is 1. The van der Waals surface area contributed by atoms with E-state index in [4.69, 9.17) is 19.3 Å². The number of aromatic nitrogens is 4. The van der Waals surface area contributed by atoms with E-state index in [0.29, 0.717) is 12.4 Å². The molecule has 0 amide bonds. The second-order valence-corrected chi connectivity index (χ2v) is 6.56. The van der Waals surface area contributed by atoms with E-state index in [1.165, 1.54) is 7.11 Å². The summed E-state index contributed by atoms with van der Waals surface area (Å²) in [6, 6.07) is 24.1. The average molecular weight is 503 g/mol. The number of phenolic OH excluding ortho intramolecular Hbond substituents is 1. The van der Waals surface area contributed by atoms with Gasteiger partial charge < -0.3 is 24.3 Å². The van der Waals surface area contributed by atoms with Crippen LogP contribution in [0.25, 0.3) is 0 Å². The molecule has 0 saturated carbocycles. The minimum atomic E-state index is 0.181. The number of aromatic hydroxyl groups is 1. The summed E-state index contributed by atoms with van der Waals surface area (Å²) >= 11 is 0. The molecule has 3 aromatic heterocycles. The van der Waals surface area contributed by atoms with Crippen molar-refractivity contribution in [3.63, 3.8) is 0 Å². The summed E-state index contributed by atoms with van der Waals surface area (Å²) in [5.74, 6) is 2.28. The Morgan fingerprint density at radius 3 is 1.41 bits per heavy atom. The van der Waals surface area contributed by atoms with Crippen molar-refractivity contribution < 1.29 is 19.3 Å². The number of rotatable bonds is 4. The normalized spacial score (nSPS) is 8.62. The van der Waals surface area contributed by atoms with Gasteiger partial charge in [0, 0.05) is 49.6 Å². The number of hydrogen-bond donors (Lipinski definition) is 2. The summed E-state index contributed by atoms with van der Waals surface area (Å²) in [4.78, 5) is 14.1. The fraction of sp³-hybridized carbons (Fsp3) is 0.138. The van der Waals surface area contributed by atoms with E-state index in [1.54, 1.807) is 68.6 Å². The summed E-state index contributed by atoms with van der Waals surface area (Å²) in [5.41, 5.74) is 0. The van der Waals surface area contributed by atoms with Gasteiger partial charge in [-0.1, -0.05) is 30.3 Å². The highest BCUT2D eigenvalue weighted by Crippen LogP contribution is 2.25. The summed E-state index contributed by atoms with van der Waals surface area (Å²) in [7, 11) is 3.16. The first-order valence-electron chi connectivity index (χ1n) is 11.4. The highest BCUT2D eigenvalue weighted by molar-refractivity contribution is 5.39. The maximum Gasteiger partial charge on any atom is 0.161 e. The van der Waals surface area contributed by atoms with Crippen molar-refractivity contribution in [3.05, 3.63) is 128 Å². The predicted octanol–water partition coefficient (Wildman–Crippen LogP) is 6.07. The third kappa shape index (κ3) is 15.6. The van der Waals surface area contributed by atoms with Gasteiger partial charge in [-0.3, -0.25) is 15.0 Å². The molecule has 194 valence electrons. The van der Waals surface area contributed by atoms with Gasteiger partial charge in [-0.2, -0.15) is 0 Å². The number of phenols is 1. The quantitative estimate of drug-likeness (QED) is 0.308. The maximum atomic E-state index is 8.99. The first kappa shape index (κ1) is 30.2. The third-order valence-corrected chi connectivity index (χ3v) is 3.99. The molecular weight excluding hydrogens is 468 g/mol. The molecule has 0 saturated heterocycles. The highest BCUT2D eigenvalue weighted by atomic mass is 16.5. The van der Waals surface area contributed by atoms with E-state index in [1.807, 2.05) is 73.9 Å². The number of hydrogen-bond acceptors (Lipinski definition) is 7. The van der Waals surface area contributed by atoms with Crippen LogP contribution in [0.1, 0.15) is 6.92 Å². The second kappa shape index (κ2) is 21.7. The molecular formula is C29H34N4O4. The Kier molecular flexibility index (Phi) is 17.7. The number of para-hydroxylation sites is 4. The largest absolute Gasteiger partial charge is 0.504 e. The first-order chi connectivity index (χ1) is 18.2. The van der Waals surface area contributed by atoms with Crippen molar-refractivity contribution in [2.45, 2.75) is 6.92 Å². The minimum absolute atomic E-state index is 0.181. The standard InChI is InChI=1S/C9H12O2.C7H8O2.C5H5N.C4H4N2.C4H5N/c1-3-11-9-7-5-4-6-8(9)10-2;1-9-7-5-3-2-4-6(7)8;1-2-4-6-5-3-1;1-2-6-4-3-5-1;1-2-4-5-3-1/h4-7H,3H2,1-2H3;2-5,8H,1H3;1-5H;1-4H;1-5H. The molecule has 0 bridgehead atoms. The smallest absolute Gasteiger partial charge is 0.161 e. The lowest BCUT2D eigenvalue weighted by atomic mass is 10.3. The van der Waals surface area contributed by atoms with Crippen molar-refractivity contribution in [1.82, 2.24) is 19.9 Å². The predicted molar refractivity (Wildman–Crippen MR) is 146 cm³/mol. The Bertz CT molecular complexity index is 1030. The van der Waals surface area contributed by atoms with Gasteiger partial charge in [0.15, 0.2) is 23.0 Å². The first-order valence-corrected chi connectivity index (χ1v) is 11.4. The fourth-order valence-corrected chi connectivity index (χ4v) is 2.37. The van der Waals surface area contributed by atoms with Crippen LogP contribution in [0.4, 0.5) is 0 Å². The number of benzene rings is 2. The van der Waals surface area contributed by atoms with Gasteiger partial charge in [-0.25, -0.2) is 0 Å². The van der Waals surface area contributed by atoms with Crippen molar-refractivity contribution in [1.29, 1.82) is 0 Å². The number of ether oxygens (including phenoxy) is 3. The van der Waals surface area contributed by atoms with Crippen molar-refractivity contribution >= 4 is 0 Å². The van der Waals surface area contributed by atoms with Gasteiger partial charge in [0.05, 0.1) is 20.8 Å². The SMILES string of the molecule is CCOc1ccccc1OC.COc1ccccc1O.c1cc[nH]c1.c1ccncc1.c1cnccn1. The lowest BCUT2D eigenvalue weighted by molar-refractivity contribution is 0.311. The zero-order chi connectivity index (χ0) is 26.8. The fourth-order valence-electron chi connectivity index (χ4n) is 2.37. The zero-order valence-electron chi connectivity index (χ0n) is 21.3. The number of nitrogens with zero attached hydrogens (tertiary/aromatic N) is 3. The second-order valence-electron chi connectivity index (χ2n) is 6.56. The van der Waals surface area contributed by atoms with Crippen LogP contribution in [0.2, 0.25) is 0 Å². The third-order valence-electron chi connectivity index (χ3n) is 3.99. The minimum Gasteiger partial charge on any atom is -0.504 e. The van der Waals surface area contributed by atoms with E-state index in [2.05, 4.69) is 19.9 Å². The Morgan fingerprint density at radius 2 is 1.08 bits per heavy atom. The van der Waals surface area contributed by atoms with Crippen LogP contribution in [0, 0.1) is 0 Å². The topological polar surface area (TPSA) is 102 Å². The van der Waals surface area contributed by atoms with Crippen LogP contribution in [-0.4, -0.2) is 45.9 Å². The molecule has 2 aromatic carbocycles. The average Bonchev–Trinajstić information content (AvgIpc) is 3.57. The Balaban J connectivity index is 0.000000238. The monoisotopic (exact) mass is 502 g/mol. The molecule has 8 nitrogen and oxygen atoms in total. The molecule has 0 radical (unpaired) electrons. The highest BCUT2D eigenvalue weighted by Gasteiger charge is 1.99. The molecule has 0 unspecified atom stereocenters. The molecule has 3 heterocycles. The summed E-state index contributed by atoms with van der Waals surface area (Å²) in [6.07, 6.45) is 13.8. The zero-order valence-corrected chi connectivity index (χ0v) is 21.3. The van der Waals surface area contributed by atoms with Gasteiger partial charge in [0.25, 0.3) is 0 Å². The molecule has 0 spiro atoms. The molecule has 0 aliphatic rings. The number of aromatic amines is 1. The molecule has 37 heavy (non-hydrogen) atoms. The van der Waals surface area contributed by atoms with Gasteiger partial charge in [0.2, 0.25) is 0 Å². The van der Waals surface area contributed by atoms with Gasteiger partial charge in [0.1, 0.15) is 0 Å². The Morgan fingerprint density at radius 1 is 0.595 bits per heavy atom. The van der Waals surface area contributed by atoms with Crippen LogP contribution >= 0.6 is 0 Å². The Hall–Kier alpha value is -4.85. The Labute approximate surface area is 218 Å². The van der Waals surface area contributed by atoms with Crippen LogP contribution in [0.15, 0.2) is 128 Å². The van der Waals surface area contributed by atoms with Crippen LogP contribution in [-0.2, 0) is 0 Å². The number of nitrogens with one attached hydrogen (secondary N) is 1. The van der Waals surface area contributed by atoms with E-state index >= 15 is 0 Å². The molecule has 5 rings (SSSR count). The van der Waals surface area contributed by atoms with E-state index < -0.39 is 0 Å². The number of methoxy groups -OCH3 is 2. The van der Waals surface area contributed by atoms with Gasteiger partial charge >= 0.3 is 0 Å². The van der Waals surface area contributed by atoms with Crippen LogP contribution < -0.4 is 14.2 Å². The van der Waals surface area contributed by atoms with Crippen molar-refractivity contribution in [2.75, 3.05) is 20.8 Å². The number of pyridine rings is 1. The molecule has 5 aromatic rings. The van der Waals surface area contributed by atoms with Crippen molar-refractivity contribution in [2.24, 2.45) is 0 Å². The summed E-state index contributed by atoms with van der Waals surface area (Å²) in [6.45, 7) is 2.62. The van der Waals surface area contributed by atoms with Gasteiger partial charge in [-0.15, -0.1) is 0 Å². The molecule has 2 N–H and O–H groups in total. The lowest BCUT2D eigenvalue weighted by Crippen LogP contribution is -1.94. The molecule has 0 aliphatic carbocycles. The van der Waals surface area contributed by atoms with E-state index in [0.717, 1.165) is 11.5 Å². The molecule has 0 atom stereocenters. The molecule has 8 heteroatoms. The van der Waals surface area contributed by atoms with E-state index in [-0.39, 0.29) is 5.75 Å². The maximum absolute atomic E-state index is 8.99. The van der Waals surface area contributed by atoms with Crippen molar-refractivity contribution in [3.8, 4) is 23.0 Å². The van der Waals surface area contributed by atoms with Gasteiger partial charge in [-0.05, 0) is 55.5 Å². The van der Waals surface area contributed by atoms with Crippen LogP contribution in [0.5, 0.6) is 23.0 Å². The van der Waals surface area contributed by atoms with Crippen LogP contribution in [0.3, 0.4) is 0 Å².